The minimum atomic E-state index is -0.548. The first kappa shape index (κ1) is 25.6. The van der Waals surface area contributed by atoms with Crippen LogP contribution in [0.4, 0.5) is 11.4 Å². The number of nitriles is 1. The predicted octanol–water partition coefficient (Wildman–Crippen LogP) is 6.42. The van der Waals surface area contributed by atoms with Gasteiger partial charge in [-0.05, 0) is 66.1 Å². The van der Waals surface area contributed by atoms with Gasteiger partial charge in [-0.2, -0.15) is 16.6 Å². The van der Waals surface area contributed by atoms with Crippen LogP contribution in [0.25, 0.3) is 0 Å². The average molecular weight is 535 g/mol. The Morgan fingerprint density at radius 3 is 2.56 bits per heavy atom. The molecule has 0 saturated carbocycles. The molecule has 0 radical (unpaired) electrons. The van der Waals surface area contributed by atoms with Gasteiger partial charge in [0.1, 0.15) is 0 Å². The number of nitrogens with zero attached hydrogens (tertiary/aromatic N) is 1. The van der Waals surface area contributed by atoms with Crippen LogP contribution in [0.5, 0.6) is 0 Å². The molecule has 0 saturated heterocycles. The second-order valence-corrected chi connectivity index (χ2v) is 10.3. The first-order chi connectivity index (χ1) is 17.4. The zero-order chi connectivity index (χ0) is 25.7. The Hall–Kier alpha value is -3.51. The van der Waals surface area contributed by atoms with E-state index in [9.17, 15) is 14.9 Å². The van der Waals surface area contributed by atoms with Gasteiger partial charge in [0.15, 0.2) is 0 Å². The van der Waals surface area contributed by atoms with Crippen molar-refractivity contribution in [3.8, 4) is 6.07 Å². The molecular formula is C27H23ClN4O2S2. The number of allylic oxidation sites excluding steroid dienone is 2. The molecule has 1 aliphatic rings. The molecule has 6 nitrogen and oxygen atoms in total. The molecule has 2 heterocycles. The van der Waals surface area contributed by atoms with E-state index >= 15 is 0 Å². The summed E-state index contributed by atoms with van der Waals surface area (Å²) in [6, 6.07) is 18.7. The van der Waals surface area contributed by atoms with E-state index in [-0.39, 0.29) is 17.6 Å². The molecule has 1 unspecified atom stereocenters. The van der Waals surface area contributed by atoms with Crippen molar-refractivity contribution in [2.45, 2.75) is 19.8 Å². The Labute approximate surface area is 223 Å². The first-order valence-electron chi connectivity index (χ1n) is 11.1. The number of hydrogen-bond donors (Lipinski definition) is 3. The summed E-state index contributed by atoms with van der Waals surface area (Å²) in [5.74, 6) is -0.984. The summed E-state index contributed by atoms with van der Waals surface area (Å²) in [7, 11) is 0. The number of benzene rings is 2. The minimum Gasteiger partial charge on any atom is -0.353 e. The Morgan fingerprint density at radius 2 is 1.89 bits per heavy atom. The highest BCUT2D eigenvalue weighted by Gasteiger charge is 2.35. The molecule has 182 valence electrons. The van der Waals surface area contributed by atoms with Crippen molar-refractivity contribution in [2.75, 3.05) is 16.4 Å². The van der Waals surface area contributed by atoms with Crippen molar-refractivity contribution in [3.05, 3.63) is 103 Å². The third-order valence-electron chi connectivity index (χ3n) is 5.60. The lowest BCUT2D eigenvalue weighted by Crippen LogP contribution is -2.31. The minimum absolute atomic E-state index is 0.0776. The van der Waals surface area contributed by atoms with Gasteiger partial charge in [0.2, 0.25) is 5.91 Å². The quantitative estimate of drug-likeness (QED) is 0.325. The summed E-state index contributed by atoms with van der Waals surface area (Å²) >= 11 is 8.88. The van der Waals surface area contributed by atoms with Gasteiger partial charge in [0, 0.05) is 27.7 Å². The van der Waals surface area contributed by atoms with Crippen molar-refractivity contribution in [1.29, 1.82) is 5.26 Å². The number of para-hydroxylation sites is 1. The maximum atomic E-state index is 13.4. The van der Waals surface area contributed by atoms with Gasteiger partial charge in [-0.1, -0.05) is 47.6 Å². The van der Waals surface area contributed by atoms with Crippen LogP contribution in [-0.2, 0) is 9.59 Å². The topological polar surface area (TPSA) is 94.0 Å². The van der Waals surface area contributed by atoms with E-state index < -0.39 is 5.92 Å². The highest BCUT2D eigenvalue weighted by Crippen LogP contribution is 2.41. The Balaban J connectivity index is 1.57. The smallest absolute Gasteiger partial charge is 0.254 e. The molecule has 1 aliphatic heterocycles. The van der Waals surface area contributed by atoms with Crippen molar-refractivity contribution in [1.82, 2.24) is 5.32 Å². The van der Waals surface area contributed by atoms with Gasteiger partial charge in [0.25, 0.3) is 5.91 Å². The van der Waals surface area contributed by atoms with Crippen LogP contribution < -0.4 is 16.0 Å². The fourth-order valence-corrected chi connectivity index (χ4v) is 5.58. The lowest BCUT2D eigenvalue weighted by molar-refractivity contribution is -0.114. The molecule has 0 fully saturated rings. The van der Waals surface area contributed by atoms with Crippen LogP contribution in [0, 0.1) is 18.3 Å². The third-order valence-corrected chi connectivity index (χ3v) is 7.73. The number of dihydropyridines is 1. The molecule has 9 heteroatoms. The van der Waals surface area contributed by atoms with E-state index in [4.69, 9.17) is 11.6 Å². The maximum Gasteiger partial charge on any atom is 0.254 e. The number of thioether (sulfide) groups is 1. The third kappa shape index (κ3) is 5.82. The molecule has 36 heavy (non-hydrogen) atoms. The van der Waals surface area contributed by atoms with Crippen molar-refractivity contribution in [3.63, 3.8) is 0 Å². The van der Waals surface area contributed by atoms with Crippen LogP contribution >= 0.6 is 34.7 Å². The highest BCUT2D eigenvalue weighted by molar-refractivity contribution is 8.03. The number of rotatable bonds is 7. The van der Waals surface area contributed by atoms with E-state index in [0.29, 0.717) is 38.3 Å². The highest BCUT2D eigenvalue weighted by atomic mass is 35.5. The van der Waals surface area contributed by atoms with E-state index in [0.717, 1.165) is 11.1 Å². The van der Waals surface area contributed by atoms with Crippen LogP contribution in [0.3, 0.4) is 0 Å². The number of anilines is 2. The fourth-order valence-electron chi connectivity index (χ4n) is 3.83. The summed E-state index contributed by atoms with van der Waals surface area (Å²) in [6.45, 7) is 3.70. The van der Waals surface area contributed by atoms with Crippen LogP contribution in [0.15, 0.2) is 87.2 Å². The van der Waals surface area contributed by atoms with E-state index in [1.54, 1.807) is 12.1 Å². The SMILES string of the molecule is CC1=C(C(=O)Nc2ccccc2)C(c2ccsc2)C(C#N)=C(SCC(=O)Nc2ccc(C)c(Cl)c2)N1. The zero-order valence-corrected chi connectivity index (χ0v) is 22.0. The number of hydrogen-bond acceptors (Lipinski definition) is 6. The molecular weight excluding hydrogens is 512 g/mol. The predicted molar refractivity (Wildman–Crippen MR) is 148 cm³/mol. The molecule has 1 atom stereocenters. The van der Waals surface area contributed by atoms with E-state index in [2.05, 4.69) is 22.0 Å². The van der Waals surface area contributed by atoms with Gasteiger partial charge in [-0.25, -0.2) is 0 Å². The monoisotopic (exact) mass is 534 g/mol. The zero-order valence-electron chi connectivity index (χ0n) is 19.6. The van der Waals surface area contributed by atoms with Gasteiger partial charge < -0.3 is 16.0 Å². The number of halogens is 1. The van der Waals surface area contributed by atoms with Crippen molar-refractivity contribution < 1.29 is 9.59 Å². The molecule has 0 aliphatic carbocycles. The number of thiophene rings is 1. The lowest BCUT2D eigenvalue weighted by Gasteiger charge is -2.29. The second kappa shape index (κ2) is 11.5. The molecule has 0 spiro atoms. The van der Waals surface area contributed by atoms with Crippen LogP contribution in [-0.4, -0.2) is 17.6 Å². The van der Waals surface area contributed by atoms with E-state index in [1.807, 2.05) is 67.1 Å². The molecule has 3 aromatic rings. The molecule has 3 N–H and O–H groups in total. The summed E-state index contributed by atoms with van der Waals surface area (Å²) in [5, 5.41) is 24.1. The number of carbonyl (C=O) groups excluding carboxylic acids is 2. The van der Waals surface area contributed by atoms with Crippen LogP contribution in [0.2, 0.25) is 5.02 Å². The van der Waals surface area contributed by atoms with Crippen molar-refractivity contribution >= 4 is 57.9 Å². The number of carbonyl (C=O) groups is 2. The number of amides is 2. The first-order valence-corrected chi connectivity index (χ1v) is 13.4. The van der Waals surface area contributed by atoms with Gasteiger partial charge in [-0.15, -0.1) is 0 Å². The molecule has 2 amide bonds. The summed E-state index contributed by atoms with van der Waals surface area (Å²) < 4.78 is 0. The Morgan fingerprint density at radius 1 is 1.11 bits per heavy atom. The van der Waals surface area contributed by atoms with Gasteiger partial charge in [-0.3, -0.25) is 9.59 Å². The standard InChI is InChI=1S/C27H23ClN4O2S2/c1-16-8-9-20(12-22(16)28)31-23(33)15-36-27-21(13-29)25(18-10-11-35-14-18)24(17(2)30-27)26(34)32-19-6-4-3-5-7-19/h3-12,14,25,30H,15H2,1-2H3,(H,31,33)(H,32,34). The normalized spacial score (nSPS) is 15.2. The largest absolute Gasteiger partial charge is 0.353 e. The summed E-state index contributed by atoms with van der Waals surface area (Å²) in [6.07, 6.45) is 0. The van der Waals surface area contributed by atoms with Gasteiger partial charge in [0.05, 0.1) is 28.3 Å². The molecule has 0 bridgehead atoms. The van der Waals surface area contributed by atoms with Gasteiger partial charge >= 0.3 is 0 Å². The molecule has 2 aromatic carbocycles. The molecule has 1 aromatic heterocycles. The summed E-state index contributed by atoms with van der Waals surface area (Å²) in [5.41, 5.74) is 4.55. The van der Waals surface area contributed by atoms with Crippen LogP contribution in [0.1, 0.15) is 24.0 Å². The average Bonchev–Trinajstić information content (AvgIpc) is 3.40. The number of nitrogens with one attached hydrogen (secondary N) is 3. The van der Waals surface area contributed by atoms with E-state index in [1.165, 1.54) is 23.1 Å². The summed E-state index contributed by atoms with van der Waals surface area (Å²) in [4.78, 5) is 26.0. The maximum absolute atomic E-state index is 13.4. The lowest BCUT2D eigenvalue weighted by atomic mass is 9.83. The molecule has 4 rings (SSSR count). The Bertz CT molecular complexity index is 1390. The number of aryl methyl sites for hydroxylation is 1. The Kier molecular flexibility index (Phi) is 8.16. The second-order valence-electron chi connectivity index (χ2n) is 8.13. The van der Waals surface area contributed by atoms with Crippen molar-refractivity contribution in [2.24, 2.45) is 0 Å². The fraction of sp³-hybridized carbons (Fsp3) is 0.148.